The zero-order chi connectivity index (χ0) is 13.0. The summed E-state index contributed by atoms with van der Waals surface area (Å²) >= 11 is 0. The first kappa shape index (κ1) is 16.9. The average Bonchev–Trinajstić information content (AvgIpc) is 2.27. The maximum absolute atomic E-state index is 10.5. The van der Waals surface area contributed by atoms with Crippen LogP contribution in [-0.4, -0.2) is 39.0 Å². The first-order valence-electron chi connectivity index (χ1n) is 3.99. The number of aromatic nitrogens is 3. The molecule has 1 heterocycles. The molecule has 0 saturated heterocycles. The molecule has 0 aliphatic carbocycles. The van der Waals surface area contributed by atoms with Gasteiger partial charge in [-0.2, -0.15) is 9.97 Å². The van der Waals surface area contributed by atoms with E-state index >= 15 is 0 Å². The van der Waals surface area contributed by atoms with E-state index in [1.807, 2.05) is 0 Å². The van der Waals surface area contributed by atoms with E-state index in [-0.39, 0.29) is 63.4 Å². The van der Waals surface area contributed by atoms with Gasteiger partial charge >= 0.3 is 69.6 Å². The largest absolute Gasteiger partial charge is 1.00 e. The van der Waals surface area contributed by atoms with E-state index in [1.165, 1.54) is 14.2 Å². The minimum Gasteiger partial charge on any atom is -0.467 e. The molecule has 0 aromatic carbocycles. The standard InChI is InChI=1S/C6H6N5O6.K/c1-16-5-7-3(8-6(9-5)17-2)4(10(12)13)11(14)15;/h1-2H3;/q-1;+1. The topological polar surface area (TPSA) is 143 Å². The van der Waals surface area contributed by atoms with Gasteiger partial charge in [-0.3, -0.25) is 20.2 Å². The second-order valence-electron chi connectivity index (χ2n) is 2.47. The number of methoxy groups -OCH3 is 2. The quantitative estimate of drug-likeness (QED) is 0.230. The van der Waals surface area contributed by atoms with E-state index < -0.39 is 21.8 Å². The fraction of sp³-hybridized carbons (Fsp3) is 0.333. The van der Waals surface area contributed by atoms with Gasteiger partial charge < -0.3 is 9.47 Å². The number of nitro groups is 2. The van der Waals surface area contributed by atoms with Crippen molar-refractivity contribution < 1.29 is 70.7 Å². The van der Waals surface area contributed by atoms with E-state index in [2.05, 4.69) is 24.4 Å². The first-order chi connectivity index (χ1) is 7.99. The van der Waals surface area contributed by atoms with Gasteiger partial charge in [-0.1, -0.05) is 0 Å². The van der Waals surface area contributed by atoms with Gasteiger partial charge in [0.1, 0.15) is 5.82 Å². The molecule has 0 radical (unpaired) electrons. The summed E-state index contributed by atoms with van der Waals surface area (Å²) < 4.78 is 9.21. The molecular formula is C6H6KN5O6. The Hall–Kier alpha value is -1.08. The summed E-state index contributed by atoms with van der Waals surface area (Å²) in [5.41, 5.74) is 0. The summed E-state index contributed by atoms with van der Waals surface area (Å²) in [5, 5.41) is 21.0. The third-order valence-electron chi connectivity index (χ3n) is 1.51. The molecule has 1 aromatic rings. The molecule has 0 amide bonds. The van der Waals surface area contributed by atoms with Crippen molar-refractivity contribution in [1.29, 1.82) is 0 Å². The van der Waals surface area contributed by atoms with Gasteiger partial charge in [0, 0.05) is 0 Å². The van der Waals surface area contributed by atoms with Crippen LogP contribution in [0.2, 0.25) is 0 Å². The Balaban J connectivity index is 0.00000289. The molecule has 1 rings (SSSR count). The van der Waals surface area contributed by atoms with E-state index in [0.717, 1.165) is 0 Å². The number of nitrogens with zero attached hydrogens (tertiary/aromatic N) is 5. The molecule has 18 heavy (non-hydrogen) atoms. The van der Waals surface area contributed by atoms with Crippen molar-refractivity contribution in [1.82, 2.24) is 15.0 Å². The summed E-state index contributed by atoms with van der Waals surface area (Å²) in [5.74, 6) is -0.747. The average molecular weight is 283 g/mol. The maximum atomic E-state index is 10.5. The molecule has 12 heteroatoms. The first-order valence-corrected chi connectivity index (χ1v) is 3.99. The van der Waals surface area contributed by atoms with Crippen molar-refractivity contribution in [2.45, 2.75) is 0 Å². The summed E-state index contributed by atoms with van der Waals surface area (Å²) in [4.78, 5) is 28.9. The Morgan fingerprint density at radius 1 is 1.00 bits per heavy atom. The second kappa shape index (κ2) is 7.37. The van der Waals surface area contributed by atoms with Crippen LogP contribution in [0.5, 0.6) is 12.0 Å². The maximum Gasteiger partial charge on any atom is 1.00 e. The van der Waals surface area contributed by atoms with Gasteiger partial charge in [0.05, 0.1) is 14.2 Å². The Morgan fingerprint density at radius 2 is 1.39 bits per heavy atom. The van der Waals surface area contributed by atoms with E-state index in [4.69, 9.17) is 0 Å². The second-order valence-corrected chi connectivity index (χ2v) is 2.47. The molecule has 0 N–H and O–H groups in total. The minimum absolute atomic E-state index is 0. The SMILES string of the molecule is COc1nc(OC)nc([C-]([N+](=O)[O-])[N+](=O)[O-])n1.[K+]. The predicted octanol–water partition coefficient (Wildman–Crippen LogP) is -3.72. The number of rotatable bonds is 5. The van der Waals surface area contributed by atoms with Gasteiger partial charge in [0.2, 0.25) is 0 Å². The van der Waals surface area contributed by atoms with Gasteiger partial charge in [-0.25, -0.2) is 0 Å². The van der Waals surface area contributed by atoms with Gasteiger partial charge in [-0.15, -0.1) is 4.98 Å². The number of hydrogen-bond acceptors (Lipinski definition) is 9. The van der Waals surface area contributed by atoms with E-state index in [9.17, 15) is 20.2 Å². The molecule has 0 fully saturated rings. The van der Waals surface area contributed by atoms with Crippen molar-refractivity contribution in [3.63, 3.8) is 0 Å². The Morgan fingerprint density at radius 3 is 1.67 bits per heavy atom. The molecule has 0 aliphatic heterocycles. The molecule has 0 aliphatic rings. The van der Waals surface area contributed by atoms with Crippen LogP contribution in [0, 0.1) is 26.4 Å². The molecule has 0 unspecified atom stereocenters. The Bertz CT molecular complexity index is 420. The number of ether oxygens (including phenoxy) is 2. The molecule has 1 aromatic heterocycles. The summed E-state index contributed by atoms with van der Waals surface area (Å²) in [6, 6.07) is -0.652. The number of hydrogen-bond donors (Lipinski definition) is 0. The zero-order valence-electron chi connectivity index (χ0n) is 9.69. The molecule has 0 bridgehead atoms. The van der Waals surface area contributed by atoms with Crippen LogP contribution in [0.15, 0.2) is 0 Å². The van der Waals surface area contributed by atoms with Crippen molar-refractivity contribution in [3.8, 4) is 12.0 Å². The fourth-order valence-corrected chi connectivity index (χ4v) is 0.851. The van der Waals surface area contributed by atoms with Crippen LogP contribution in [-0.2, 0) is 0 Å². The zero-order valence-corrected chi connectivity index (χ0v) is 12.8. The molecule has 0 spiro atoms. The molecular weight excluding hydrogens is 277 g/mol. The van der Waals surface area contributed by atoms with E-state index in [0.29, 0.717) is 0 Å². The summed E-state index contributed by atoms with van der Waals surface area (Å²) in [6.45, 7) is 0. The molecule has 92 valence electrons. The molecule has 0 atom stereocenters. The van der Waals surface area contributed by atoms with E-state index in [1.54, 1.807) is 0 Å². The van der Waals surface area contributed by atoms with Crippen LogP contribution >= 0.6 is 0 Å². The van der Waals surface area contributed by atoms with Crippen molar-refractivity contribution in [3.05, 3.63) is 32.2 Å². The van der Waals surface area contributed by atoms with Crippen LogP contribution in [0.3, 0.4) is 0 Å². The van der Waals surface area contributed by atoms with Gasteiger partial charge in [-0.05, 0) is 9.85 Å². The smallest absolute Gasteiger partial charge is 0.467 e. The minimum atomic E-state index is -1.39. The molecule has 11 nitrogen and oxygen atoms in total. The predicted molar refractivity (Wildman–Crippen MR) is 49.3 cm³/mol. The third-order valence-corrected chi connectivity index (χ3v) is 1.51. The van der Waals surface area contributed by atoms with Crippen LogP contribution in [0.1, 0.15) is 5.82 Å². The van der Waals surface area contributed by atoms with Crippen LogP contribution < -0.4 is 60.9 Å². The monoisotopic (exact) mass is 283 g/mol. The Kier molecular flexibility index (Phi) is 6.93. The molecule has 0 saturated carbocycles. The van der Waals surface area contributed by atoms with Crippen molar-refractivity contribution in [2.75, 3.05) is 14.2 Å². The normalized spacial score (nSPS) is 9.00. The van der Waals surface area contributed by atoms with Crippen LogP contribution in [0.25, 0.3) is 0 Å². The van der Waals surface area contributed by atoms with Crippen molar-refractivity contribution >= 4 is 0 Å². The summed E-state index contributed by atoms with van der Waals surface area (Å²) in [7, 11) is 2.38. The fourth-order valence-electron chi connectivity index (χ4n) is 0.851. The van der Waals surface area contributed by atoms with Crippen molar-refractivity contribution in [2.24, 2.45) is 0 Å². The van der Waals surface area contributed by atoms with Gasteiger partial charge in [0.25, 0.3) is 0 Å². The summed E-state index contributed by atoms with van der Waals surface area (Å²) in [6.07, 6.45) is -1.39. The Labute approximate surface area is 143 Å². The van der Waals surface area contributed by atoms with Gasteiger partial charge in [0.15, 0.2) is 0 Å². The third kappa shape index (κ3) is 3.99. The van der Waals surface area contributed by atoms with Crippen LogP contribution in [0.4, 0.5) is 0 Å².